The van der Waals surface area contributed by atoms with Crippen molar-refractivity contribution in [3.05, 3.63) is 25.3 Å². The third-order valence-corrected chi connectivity index (χ3v) is 11.3. The first-order valence-electron chi connectivity index (χ1n) is 23.0. The number of esters is 2. The number of aliphatic hydroxyl groups is 1. The molecule has 0 rings (SSSR count). The predicted molar refractivity (Wildman–Crippen MR) is 236 cm³/mol. The first-order valence-corrected chi connectivity index (χ1v) is 24.5. The number of ether oxygens (including phenoxy) is 2. The van der Waals surface area contributed by atoms with Crippen LogP contribution in [0.3, 0.4) is 0 Å². The Bertz CT molecular complexity index is 1190. The Kier molecular flexibility index (Phi) is 35.1. The number of ketones is 2. The van der Waals surface area contributed by atoms with Crippen LogP contribution in [0.2, 0.25) is 0 Å². The van der Waals surface area contributed by atoms with E-state index in [0.717, 1.165) is 70.3 Å². The van der Waals surface area contributed by atoms with Crippen LogP contribution in [0.25, 0.3) is 0 Å². The van der Waals surface area contributed by atoms with Gasteiger partial charge in [-0.2, -0.15) is 0 Å². The Hall–Kier alpha value is -2.21. The van der Waals surface area contributed by atoms with Crippen LogP contribution >= 0.6 is 7.82 Å². The van der Waals surface area contributed by atoms with E-state index in [4.69, 9.17) is 18.5 Å². The number of nitrogens with zero attached hydrogens (tertiary/aromatic N) is 1. The maximum absolute atomic E-state index is 13.1. The van der Waals surface area contributed by atoms with Crippen molar-refractivity contribution in [3.63, 3.8) is 0 Å². The molecule has 13 heteroatoms. The fourth-order valence-corrected chi connectivity index (χ4v) is 7.69. The highest BCUT2D eigenvalue weighted by Gasteiger charge is 2.37. The highest BCUT2D eigenvalue weighted by atomic mass is 31.2. The number of quaternary nitrogens is 1. The van der Waals surface area contributed by atoms with Crippen LogP contribution in [-0.2, 0) is 42.3 Å². The molecule has 0 saturated heterocycles. The summed E-state index contributed by atoms with van der Waals surface area (Å²) in [5, 5.41) is 11.0. The molecule has 12 nitrogen and oxygen atoms in total. The first kappa shape index (κ1) is 56.8. The van der Waals surface area contributed by atoms with Gasteiger partial charge in [0.15, 0.2) is 29.9 Å². The molecule has 0 aromatic heterocycles. The first-order chi connectivity index (χ1) is 28.2. The molecule has 0 aliphatic rings. The average molecular weight is 859 g/mol. The van der Waals surface area contributed by atoms with E-state index in [1.54, 1.807) is 21.1 Å². The van der Waals surface area contributed by atoms with Crippen LogP contribution in [0.15, 0.2) is 25.3 Å². The number of hydrogen-bond donors (Lipinski definition) is 2. The van der Waals surface area contributed by atoms with Crippen LogP contribution in [-0.4, -0.2) is 97.2 Å². The van der Waals surface area contributed by atoms with Gasteiger partial charge in [-0.05, 0) is 25.3 Å². The summed E-state index contributed by atoms with van der Waals surface area (Å²) in [5.74, 6) is -2.13. The minimum atomic E-state index is -4.89. The molecule has 3 unspecified atom stereocenters. The molecule has 0 aliphatic carbocycles. The maximum Gasteiger partial charge on any atom is 0.473 e. The topological polar surface area (TPSA) is 163 Å². The summed E-state index contributed by atoms with van der Waals surface area (Å²) in [7, 11) is 0.471. The number of carbonyl (C=O) groups is 4. The molecule has 344 valence electrons. The van der Waals surface area contributed by atoms with Gasteiger partial charge >= 0.3 is 19.8 Å². The highest BCUT2D eigenvalue weighted by Crippen LogP contribution is 2.45. The average Bonchev–Trinajstić information content (AvgIpc) is 3.19. The number of likely N-dealkylation sites (N-methyl/N-ethyl adjacent to an activating group) is 1. The number of carbonyl (C=O) groups excluding carboxylic acids is 4. The van der Waals surface area contributed by atoms with Crippen LogP contribution in [0.5, 0.6) is 0 Å². The highest BCUT2D eigenvalue weighted by molar-refractivity contribution is 7.47. The molecule has 0 aliphatic heterocycles. The second kappa shape index (κ2) is 36.4. The molecule has 2 N–H and O–H groups in total. The normalized spacial score (nSPS) is 14.2. The standard InChI is InChI=1S/C46H84NO11P/c1-7-10-11-12-13-14-15-17-20-23-26-29-32-35-41(49)46(52)43(39-56-59(53,54)58-42(40(48)8-2)38-47(4,5)6)57-45(51)36-33-30-27-24-21-18-16-19-22-25-28-31-34-37-55-44(50)9-3/h8-9,42-43,46,52H,2-3,7,10-39H2,1,4-6H3/p+1/t42?,43-,46?/m0/s1. The van der Waals surface area contributed by atoms with Gasteiger partial charge in [-0.1, -0.05) is 168 Å². The summed E-state index contributed by atoms with van der Waals surface area (Å²) >= 11 is 0. The van der Waals surface area contributed by atoms with Crippen molar-refractivity contribution in [2.75, 3.05) is 40.9 Å². The maximum atomic E-state index is 13.1. The smallest absolute Gasteiger partial charge is 0.463 e. The van der Waals surface area contributed by atoms with Crippen LogP contribution in [0, 0.1) is 0 Å². The Morgan fingerprint density at radius 1 is 0.644 bits per heavy atom. The van der Waals surface area contributed by atoms with E-state index in [0.29, 0.717) is 19.4 Å². The summed E-state index contributed by atoms with van der Waals surface area (Å²) in [4.78, 5) is 59.9. The lowest BCUT2D eigenvalue weighted by molar-refractivity contribution is -0.872. The van der Waals surface area contributed by atoms with Gasteiger partial charge in [0.1, 0.15) is 6.54 Å². The van der Waals surface area contributed by atoms with Gasteiger partial charge in [-0.15, -0.1) is 0 Å². The van der Waals surface area contributed by atoms with Gasteiger partial charge in [-0.25, -0.2) is 9.36 Å². The van der Waals surface area contributed by atoms with Crippen molar-refractivity contribution < 1.29 is 56.7 Å². The summed E-state index contributed by atoms with van der Waals surface area (Å²) in [5.41, 5.74) is 0. The molecular formula is C46H85NO11P+. The Morgan fingerprint density at radius 3 is 1.49 bits per heavy atom. The van der Waals surface area contributed by atoms with Crippen LogP contribution < -0.4 is 0 Å². The molecule has 0 aromatic rings. The number of hydrogen-bond acceptors (Lipinski definition) is 10. The fraction of sp³-hybridized carbons (Fsp3) is 0.826. The van der Waals surface area contributed by atoms with Crippen molar-refractivity contribution in [2.45, 2.75) is 205 Å². The Morgan fingerprint density at radius 2 is 1.07 bits per heavy atom. The van der Waals surface area contributed by atoms with Gasteiger partial charge in [0.2, 0.25) is 0 Å². The molecule has 0 amide bonds. The van der Waals surface area contributed by atoms with E-state index in [-0.39, 0.29) is 29.8 Å². The fourth-order valence-electron chi connectivity index (χ4n) is 6.80. The third kappa shape index (κ3) is 35.1. The number of unbranched alkanes of at least 4 members (excludes halogenated alkanes) is 24. The van der Waals surface area contributed by atoms with Crippen LogP contribution in [0.1, 0.15) is 187 Å². The molecule has 0 heterocycles. The summed E-state index contributed by atoms with van der Waals surface area (Å²) in [6, 6.07) is 0. The number of phosphoric acid groups is 1. The van der Waals surface area contributed by atoms with Gasteiger partial charge in [0, 0.05) is 18.9 Å². The number of phosphoric ester groups is 1. The molecular weight excluding hydrogens is 773 g/mol. The quantitative estimate of drug-likeness (QED) is 0.0197. The van der Waals surface area contributed by atoms with E-state index in [1.165, 1.54) is 96.0 Å². The van der Waals surface area contributed by atoms with Crippen molar-refractivity contribution in [1.29, 1.82) is 0 Å². The molecule has 0 aromatic carbocycles. The zero-order chi connectivity index (χ0) is 44.2. The minimum absolute atomic E-state index is 0.0533. The van der Waals surface area contributed by atoms with E-state index in [2.05, 4.69) is 20.1 Å². The molecule has 0 spiro atoms. The van der Waals surface area contributed by atoms with Gasteiger partial charge < -0.3 is 24.0 Å². The zero-order valence-corrected chi connectivity index (χ0v) is 38.6. The van der Waals surface area contributed by atoms with Gasteiger partial charge in [-0.3, -0.25) is 23.4 Å². The molecule has 59 heavy (non-hydrogen) atoms. The van der Waals surface area contributed by atoms with Crippen LogP contribution in [0.4, 0.5) is 0 Å². The summed E-state index contributed by atoms with van der Waals surface area (Å²) in [6.07, 6.45) is 26.3. The lowest BCUT2D eigenvalue weighted by Gasteiger charge is -2.29. The van der Waals surface area contributed by atoms with Crippen molar-refractivity contribution in [2.24, 2.45) is 0 Å². The van der Waals surface area contributed by atoms with Crippen molar-refractivity contribution >= 4 is 31.3 Å². The number of rotatable bonds is 43. The molecule has 0 saturated carbocycles. The second-order valence-electron chi connectivity index (χ2n) is 17.1. The van der Waals surface area contributed by atoms with E-state index in [1.807, 2.05) is 0 Å². The van der Waals surface area contributed by atoms with Crippen molar-refractivity contribution in [1.82, 2.24) is 0 Å². The lowest BCUT2D eigenvalue weighted by atomic mass is 10.0. The number of aliphatic hydroxyl groups excluding tert-OH is 1. The molecule has 4 atom stereocenters. The zero-order valence-electron chi connectivity index (χ0n) is 37.7. The Labute approximate surface area is 358 Å². The van der Waals surface area contributed by atoms with E-state index >= 15 is 0 Å². The molecule has 0 bridgehead atoms. The molecule has 0 radical (unpaired) electrons. The van der Waals surface area contributed by atoms with Gasteiger partial charge in [0.25, 0.3) is 0 Å². The largest absolute Gasteiger partial charge is 0.473 e. The van der Waals surface area contributed by atoms with E-state index < -0.39 is 50.3 Å². The lowest BCUT2D eigenvalue weighted by Crippen LogP contribution is -2.45. The Balaban J connectivity index is 4.77. The van der Waals surface area contributed by atoms with Crippen molar-refractivity contribution in [3.8, 4) is 0 Å². The predicted octanol–water partition coefficient (Wildman–Crippen LogP) is 10.5. The second-order valence-corrected chi connectivity index (χ2v) is 18.5. The third-order valence-electron chi connectivity index (χ3n) is 10.3. The SMILES string of the molecule is C=CC(=O)OCCCCCCCCCCCCCCCC(=O)O[C@@H](COP(=O)(O)OC(C[N+](C)(C)C)C(=O)C=C)C(O)C(=O)CCCCCCCCCCCCCCC. The van der Waals surface area contributed by atoms with Gasteiger partial charge in [0.05, 0.1) is 34.4 Å². The summed E-state index contributed by atoms with van der Waals surface area (Å²) < 4.78 is 34.1. The van der Waals surface area contributed by atoms with E-state index in [9.17, 15) is 33.7 Å². The minimum Gasteiger partial charge on any atom is -0.463 e. The monoisotopic (exact) mass is 859 g/mol. The molecule has 0 fully saturated rings. The number of Topliss-reactive ketones (excluding diaryl/α,β-unsaturated/α-hetero) is 1. The summed E-state index contributed by atoms with van der Waals surface area (Å²) in [6.45, 7) is 8.80.